The van der Waals surface area contributed by atoms with Gasteiger partial charge in [0.2, 0.25) is 0 Å². The molecule has 0 heterocycles. The molecule has 0 saturated carbocycles. The van der Waals surface area contributed by atoms with Gasteiger partial charge in [-0.3, -0.25) is 0 Å². The summed E-state index contributed by atoms with van der Waals surface area (Å²) in [5.74, 6) is 3.47. The molecule has 2 aromatic rings. The maximum Gasteiger partial charge on any atom is 0.169 e. The monoisotopic (exact) mass is 260 g/mol. The van der Waals surface area contributed by atoms with Crippen LogP contribution in [0.1, 0.15) is 0 Å². The predicted octanol–water partition coefficient (Wildman–Crippen LogP) is 3.50. The van der Waals surface area contributed by atoms with Gasteiger partial charge < -0.3 is 18.9 Å². The van der Waals surface area contributed by atoms with Gasteiger partial charge in [-0.2, -0.15) is 0 Å². The normalized spacial score (nSPS) is 9.84. The Hall–Kier alpha value is -2.36. The molecule has 2 rings (SSSR count). The second-order valence-corrected chi connectivity index (χ2v) is 3.79. The van der Waals surface area contributed by atoms with Crippen LogP contribution in [0.15, 0.2) is 42.5 Å². The Morgan fingerprint density at radius 3 is 1.74 bits per heavy atom. The average Bonchev–Trinajstić information content (AvgIpc) is 2.48. The number of methoxy groups -OCH3 is 3. The molecule has 0 bridgehead atoms. The van der Waals surface area contributed by atoms with E-state index in [2.05, 4.69) is 0 Å². The SMILES string of the molecule is COc1ccc(Oc2ccc(OC)cc2OC)cc1. The highest BCUT2D eigenvalue weighted by Gasteiger charge is 2.07. The molecule has 4 heteroatoms. The van der Waals surface area contributed by atoms with Crippen LogP contribution in [0.25, 0.3) is 0 Å². The fourth-order valence-electron chi connectivity index (χ4n) is 1.63. The first-order valence-electron chi connectivity index (χ1n) is 5.80. The third-order valence-corrected chi connectivity index (χ3v) is 2.66. The topological polar surface area (TPSA) is 36.9 Å². The molecule has 0 aliphatic rings. The van der Waals surface area contributed by atoms with E-state index < -0.39 is 0 Å². The highest BCUT2D eigenvalue weighted by Crippen LogP contribution is 2.34. The van der Waals surface area contributed by atoms with Gasteiger partial charge in [0.05, 0.1) is 21.3 Å². The van der Waals surface area contributed by atoms with E-state index in [1.807, 2.05) is 36.4 Å². The molecule has 0 atom stereocenters. The fourth-order valence-corrected chi connectivity index (χ4v) is 1.63. The average molecular weight is 260 g/mol. The lowest BCUT2D eigenvalue weighted by molar-refractivity contribution is 0.368. The van der Waals surface area contributed by atoms with Gasteiger partial charge in [0.1, 0.15) is 17.2 Å². The Kier molecular flexibility index (Phi) is 4.13. The van der Waals surface area contributed by atoms with Crippen molar-refractivity contribution in [3.05, 3.63) is 42.5 Å². The summed E-state index contributed by atoms with van der Waals surface area (Å²) in [5.41, 5.74) is 0. The van der Waals surface area contributed by atoms with Crippen molar-refractivity contribution in [3.8, 4) is 28.7 Å². The number of benzene rings is 2. The van der Waals surface area contributed by atoms with Crippen molar-refractivity contribution in [2.75, 3.05) is 21.3 Å². The van der Waals surface area contributed by atoms with E-state index in [0.717, 1.165) is 11.5 Å². The van der Waals surface area contributed by atoms with Gasteiger partial charge in [0.25, 0.3) is 0 Å². The number of ether oxygens (including phenoxy) is 4. The van der Waals surface area contributed by atoms with E-state index in [0.29, 0.717) is 17.2 Å². The first-order chi connectivity index (χ1) is 9.26. The highest BCUT2D eigenvalue weighted by atomic mass is 16.5. The summed E-state index contributed by atoms with van der Waals surface area (Å²) in [5, 5.41) is 0. The van der Waals surface area contributed by atoms with E-state index in [4.69, 9.17) is 18.9 Å². The van der Waals surface area contributed by atoms with E-state index in [-0.39, 0.29) is 0 Å². The van der Waals surface area contributed by atoms with E-state index in [9.17, 15) is 0 Å². The van der Waals surface area contributed by atoms with E-state index >= 15 is 0 Å². The maximum atomic E-state index is 5.76. The zero-order valence-corrected chi connectivity index (χ0v) is 11.2. The molecule has 0 saturated heterocycles. The largest absolute Gasteiger partial charge is 0.497 e. The zero-order valence-electron chi connectivity index (χ0n) is 11.2. The van der Waals surface area contributed by atoms with Gasteiger partial charge in [-0.1, -0.05) is 0 Å². The molecule has 0 fully saturated rings. The minimum atomic E-state index is 0.621. The second kappa shape index (κ2) is 6.00. The summed E-state index contributed by atoms with van der Waals surface area (Å²) >= 11 is 0. The van der Waals surface area contributed by atoms with E-state index in [1.165, 1.54) is 0 Å². The molecule has 0 N–H and O–H groups in total. The molecule has 0 spiro atoms. The smallest absolute Gasteiger partial charge is 0.169 e. The summed E-state index contributed by atoms with van der Waals surface area (Å²) < 4.78 is 21.3. The Morgan fingerprint density at radius 2 is 1.16 bits per heavy atom. The van der Waals surface area contributed by atoms with Crippen LogP contribution in [0.5, 0.6) is 28.7 Å². The van der Waals surface area contributed by atoms with Crippen molar-refractivity contribution < 1.29 is 18.9 Å². The first-order valence-corrected chi connectivity index (χ1v) is 5.80. The van der Waals surface area contributed by atoms with Gasteiger partial charge in [-0.15, -0.1) is 0 Å². The summed E-state index contributed by atoms with van der Waals surface area (Å²) in [7, 11) is 4.83. The fraction of sp³-hybridized carbons (Fsp3) is 0.200. The Labute approximate surface area is 112 Å². The Bertz CT molecular complexity index is 534. The minimum Gasteiger partial charge on any atom is -0.497 e. The number of hydrogen-bond donors (Lipinski definition) is 0. The molecular weight excluding hydrogens is 244 g/mol. The number of hydrogen-bond acceptors (Lipinski definition) is 4. The lowest BCUT2D eigenvalue weighted by atomic mass is 10.3. The molecular formula is C15H16O4. The number of rotatable bonds is 5. The summed E-state index contributed by atoms with van der Waals surface area (Å²) in [6.07, 6.45) is 0. The van der Waals surface area contributed by atoms with Crippen LogP contribution in [0.4, 0.5) is 0 Å². The molecule has 0 amide bonds. The van der Waals surface area contributed by atoms with Gasteiger partial charge in [0.15, 0.2) is 11.5 Å². The lowest BCUT2D eigenvalue weighted by Gasteiger charge is -2.11. The molecule has 4 nitrogen and oxygen atoms in total. The zero-order chi connectivity index (χ0) is 13.7. The quantitative estimate of drug-likeness (QED) is 0.824. The summed E-state index contributed by atoms with van der Waals surface area (Å²) in [6, 6.07) is 12.8. The minimum absolute atomic E-state index is 0.621. The van der Waals surface area contributed by atoms with Crippen molar-refractivity contribution in [2.45, 2.75) is 0 Å². The molecule has 100 valence electrons. The van der Waals surface area contributed by atoms with Gasteiger partial charge in [-0.25, -0.2) is 0 Å². The maximum absolute atomic E-state index is 5.76. The van der Waals surface area contributed by atoms with Crippen LogP contribution in [0.3, 0.4) is 0 Å². The van der Waals surface area contributed by atoms with Crippen molar-refractivity contribution in [1.29, 1.82) is 0 Å². The van der Waals surface area contributed by atoms with Crippen LogP contribution in [-0.4, -0.2) is 21.3 Å². The highest BCUT2D eigenvalue weighted by molar-refractivity contribution is 5.47. The van der Waals surface area contributed by atoms with Crippen molar-refractivity contribution in [3.63, 3.8) is 0 Å². The summed E-state index contributed by atoms with van der Waals surface area (Å²) in [4.78, 5) is 0. The van der Waals surface area contributed by atoms with Crippen LogP contribution < -0.4 is 18.9 Å². The van der Waals surface area contributed by atoms with Crippen molar-refractivity contribution in [2.24, 2.45) is 0 Å². The molecule has 0 aliphatic heterocycles. The van der Waals surface area contributed by atoms with E-state index in [1.54, 1.807) is 27.4 Å². The van der Waals surface area contributed by atoms with Crippen molar-refractivity contribution in [1.82, 2.24) is 0 Å². The van der Waals surface area contributed by atoms with Gasteiger partial charge in [0, 0.05) is 6.07 Å². The first kappa shape index (κ1) is 13.1. The van der Waals surface area contributed by atoms with Gasteiger partial charge in [-0.05, 0) is 36.4 Å². The Balaban J connectivity index is 2.21. The molecule has 2 aromatic carbocycles. The van der Waals surface area contributed by atoms with Crippen LogP contribution in [-0.2, 0) is 0 Å². The third kappa shape index (κ3) is 3.10. The Morgan fingerprint density at radius 1 is 0.579 bits per heavy atom. The molecule has 0 unspecified atom stereocenters. The van der Waals surface area contributed by atoms with Crippen LogP contribution in [0, 0.1) is 0 Å². The van der Waals surface area contributed by atoms with Gasteiger partial charge >= 0.3 is 0 Å². The molecule has 0 radical (unpaired) electrons. The van der Waals surface area contributed by atoms with Crippen LogP contribution in [0.2, 0.25) is 0 Å². The second-order valence-electron chi connectivity index (χ2n) is 3.79. The van der Waals surface area contributed by atoms with Crippen LogP contribution >= 0.6 is 0 Å². The molecule has 0 aromatic heterocycles. The standard InChI is InChI=1S/C15H16O4/c1-16-11-4-6-12(7-5-11)19-14-9-8-13(17-2)10-15(14)18-3/h4-10H,1-3H3. The lowest BCUT2D eigenvalue weighted by Crippen LogP contribution is -1.92. The molecule has 0 aliphatic carbocycles. The molecule has 19 heavy (non-hydrogen) atoms. The summed E-state index contributed by atoms with van der Waals surface area (Å²) in [6.45, 7) is 0. The third-order valence-electron chi connectivity index (χ3n) is 2.66. The predicted molar refractivity (Wildman–Crippen MR) is 72.6 cm³/mol. The van der Waals surface area contributed by atoms with Crippen molar-refractivity contribution >= 4 is 0 Å².